The minimum atomic E-state index is -0.582. The van der Waals surface area contributed by atoms with Crippen molar-refractivity contribution in [1.82, 2.24) is 5.16 Å². The maximum Gasteiger partial charge on any atom is 0.344 e. The molecule has 3 aromatic carbocycles. The molecule has 1 aromatic heterocycles. The van der Waals surface area contributed by atoms with Crippen molar-refractivity contribution >= 4 is 39.1 Å². The van der Waals surface area contributed by atoms with Gasteiger partial charge < -0.3 is 14.4 Å². The molecule has 0 fully saturated rings. The molecule has 0 aliphatic heterocycles. The van der Waals surface area contributed by atoms with Gasteiger partial charge in [-0.1, -0.05) is 65.3 Å². The quantitative estimate of drug-likeness (QED) is 0.399. The summed E-state index contributed by atoms with van der Waals surface area (Å²) in [5.74, 6) is -0.507. The monoisotopic (exact) mass is 381 g/mol. The lowest BCUT2D eigenvalue weighted by molar-refractivity contribution is 0.0521. The first-order chi connectivity index (χ1) is 13.2. The fourth-order valence-corrected chi connectivity index (χ4v) is 3.68. The molecule has 0 aliphatic rings. The van der Waals surface area contributed by atoms with Gasteiger partial charge in [0, 0.05) is 16.3 Å². The van der Waals surface area contributed by atoms with E-state index in [0.717, 1.165) is 27.1 Å². The molecule has 27 heavy (non-hydrogen) atoms. The number of nitrogens with zero attached hydrogens (tertiary/aromatic N) is 1. The van der Waals surface area contributed by atoms with Crippen LogP contribution in [0.25, 0.3) is 32.8 Å². The number of esters is 1. The molecule has 0 aliphatic carbocycles. The molecule has 0 atom stereocenters. The summed E-state index contributed by atoms with van der Waals surface area (Å²) in [4.78, 5) is 12.6. The van der Waals surface area contributed by atoms with E-state index in [1.165, 1.54) is 0 Å². The van der Waals surface area contributed by atoms with E-state index in [9.17, 15) is 9.90 Å². The summed E-state index contributed by atoms with van der Waals surface area (Å²) in [6, 6.07) is 15.3. The van der Waals surface area contributed by atoms with Gasteiger partial charge in [0.15, 0.2) is 5.76 Å². The van der Waals surface area contributed by atoms with E-state index in [1.807, 2.05) is 48.5 Å². The van der Waals surface area contributed by atoms with E-state index >= 15 is 0 Å². The van der Waals surface area contributed by atoms with Crippen LogP contribution >= 0.6 is 11.6 Å². The summed E-state index contributed by atoms with van der Waals surface area (Å²) in [6.45, 7) is 1.47. The molecule has 1 N–H and O–H groups in total. The van der Waals surface area contributed by atoms with Crippen LogP contribution in [0.4, 0.5) is 0 Å². The van der Waals surface area contributed by atoms with Gasteiger partial charge in [0.05, 0.1) is 11.6 Å². The van der Waals surface area contributed by atoms with E-state index in [2.05, 4.69) is 5.16 Å². The summed E-state index contributed by atoms with van der Waals surface area (Å²) in [5, 5.41) is 17.7. The van der Waals surface area contributed by atoms with Gasteiger partial charge in [0.1, 0.15) is 17.9 Å². The molecular weight excluding hydrogens is 366 g/mol. The number of ether oxygens (including phenoxy) is 1. The molecule has 0 saturated heterocycles. The number of carbonyl (C=O) groups is 1. The van der Waals surface area contributed by atoms with Crippen LogP contribution in [-0.4, -0.2) is 22.8 Å². The zero-order chi connectivity index (χ0) is 19.0. The van der Waals surface area contributed by atoms with Crippen LogP contribution in [0.2, 0.25) is 5.02 Å². The van der Waals surface area contributed by atoms with Gasteiger partial charge in [-0.25, -0.2) is 4.79 Å². The van der Waals surface area contributed by atoms with Crippen molar-refractivity contribution in [2.24, 2.45) is 0 Å². The van der Waals surface area contributed by atoms with E-state index in [4.69, 9.17) is 20.9 Å². The van der Waals surface area contributed by atoms with Gasteiger partial charge in [0.25, 0.3) is 0 Å². The lowest BCUT2D eigenvalue weighted by Gasteiger charge is -2.13. The minimum absolute atomic E-state index is 0.0755. The summed E-state index contributed by atoms with van der Waals surface area (Å²) >= 11 is 6.64. The molecule has 0 amide bonds. The summed E-state index contributed by atoms with van der Waals surface area (Å²) < 4.78 is 10.4. The smallest absolute Gasteiger partial charge is 0.344 e. The third-order valence-corrected chi connectivity index (χ3v) is 4.90. The molecule has 136 valence electrons. The number of carbonyl (C=O) groups excluding carboxylic acids is 1. The Bertz CT molecular complexity index is 1110. The first kappa shape index (κ1) is 17.5. The topological polar surface area (TPSA) is 72.6 Å². The van der Waals surface area contributed by atoms with Crippen LogP contribution < -0.4 is 0 Å². The van der Waals surface area contributed by atoms with Crippen LogP contribution in [0.5, 0.6) is 0 Å². The Balaban J connectivity index is 2.15. The van der Waals surface area contributed by atoms with Crippen molar-refractivity contribution in [3.63, 3.8) is 0 Å². The van der Waals surface area contributed by atoms with Crippen molar-refractivity contribution in [1.29, 1.82) is 0 Å². The van der Waals surface area contributed by atoms with Crippen LogP contribution in [0.3, 0.4) is 0 Å². The predicted octanol–water partition coefficient (Wildman–Crippen LogP) is 4.97. The second-order valence-electron chi connectivity index (χ2n) is 5.99. The van der Waals surface area contributed by atoms with E-state index < -0.39 is 12.6 Å². The Morgan fingerprint density at radius 2 is 1.63 bits per heavy atom. The molecule has 0 radical (unpaired) electrons. The third-order valence-electron chi connectivity index (χ3n) is 4.49. The molecule has 6 heteroatoms. The zero-order valence-electron chi connectivity index (χ0n) is 14.5. The van der Waals surface area contributed by atoms with Gasteiger partial charge in [0.2, 0.25) is 0 Å². The SMILES string of the molecule is CCOC(=O)c1c(-c2c3ccccc3c(Cl)c3ccccc23)noc1CO. The molecule has 0 saturated carbocycles. The number of aliphatic hydroxyl groups excluding tert-OH is 1. The number of hydrogen-bond acceptors (Lipinski definition) is 5. The molecule has 4 aromatic rings. The van der Waals surface area contributed by atoms with Crippen LogP contribution in [-0.2, 0) is 11.3 Å². The normalized spacial score (nSPS) is 11.2. The van der Waals surface area contributed by atoms with Crippen molar-refractivity contribution < 1.29 is 19.2 Å². The third kappa shape index (κ3) is 2.76. The number of rotatable bonds is 4. The number of hydrogen-bond donors (Lipinski definition) is 1. The standard InChI is InChI=1S/C21H16ClNO4/c1-2-26-21(25)18-16(11-24)27-23-20(18)17-12-7-3-5-9-14(12)19(22)15-10-6-4-8-13(15)17/h3-10,24H,2,11H2,1H3. The molecule has 0 spiro atoms. The van der Waals surface area contributed by atoms with E-state index in [1.54, 1.807) is 6.92 Å². The zero-order valence-corrected chi connectivity index (χ0v) is 15.3. The van der Waals surface area contributed by atoms with Crippen molar-refractivity contribution in [3.05, 3.63) is 64.9 Å². The number of aliphatic hydroxyl groups is 1. The lowest BCUT2D eigenvalue weighted by Crippen LogP contribution is -2.08. The van der Waals surface area contributed by atoms with Crippen LogP contribution in [0, 0.1) is 0 Å². The summed E-state index contributed by atoms with van der Waals surface area (Å²) in [6.07, 6.45) is 0. The Morgan fingerprint density at radius 1 is 1.07 bits per heavy atom. The van der Waals surface area contributed by atoms with Crippen LogP contribution in [0.1, 0.15) is 23.0 Å². The number of aromatic nitrogens is 1. The molecule has 5 nitrogen and oxygen atoms in total. The highest BCUT2D eigenvalue weighted by Gasteiger charge is 2.27. The van der Waals surface area contributed by atoms with E-state index in [-0.39, 0.29) is 17.9 Å². The number of halogens is 1. The average Bonchev–Trinajstić information content (AvgIpc) is 3.12. The minimum Gasteiger partial charge on any atom is -0.462 e. The maximum absolute atomic E-state index is 12.6. The first-order valence-electron chi connectivity index (χ1n) is 8.53. The van der Waals surface area contributed by atoms with Gasteiger partial charge >= 0.3 is 5.97 Å². The average molecular weight is 382 g/mol. The Kier molecular flexibility index (Phi) is 4.56. The highest BCUT2D eigenvalue weighted by molar-refractivity contribution is 6.42. The van der Waals surface area contributed by atoms with Crippen LogP contribution in [0.15, 0.2) is 53.1 Å². The second-order valence-corrected chi connectivity index (χ2v) is 6.37. The summed E-state index contributed by atoms with van der Waals surface area (Å²) in [7, 11) is 0. The Hall–Kier alpha value is -2.89. The fourth-order valence-electron chi connectivity index (χ4n) is 3.35. The lowest BCUT2D eigenvalue weighted by atomic mass is 9.93. The highest BCUT2D eigenvalue weighted by Crippen LogP contribution is 2.42. The van der Waals surface area contributed by atoms with Gasteiger partial charge in [-0.05, 0) is 17.7 Å². The maximum atomic E-state index is 12.6. The molecular formula is C21H16ClNO4. The largest absolute Gasteiger partial charge is 0.462 e. The van der Waals surface area contributed by atoms with E-state index in [0.29, 0.717) is 10.7 Å². The van der Waals surface area contributed by atoms with Gasteiger partial charge in [-0.2, -0.15) is 0 Å². The first-order valence-corrected chi connectivity index (χ1v) is 8.91. The number of benzene rings is 3. The predicted molar refractivity (Wildman–Crippen MR) is 104 cm³/mol. The van der Waals surface area contributed by atoms with Gasteiger partial charge in [-0.15, -0.1) is 0 Å². The Morgan fingerprint density at radius 3 is 2.15 bits per heavy atom. The van der Waals surface area contributed by atoms with Gasteiger partial charge in [-0.3, -0.25) is 0 Å². The van der Waals surface area contributed by atoms with Crippen molar-refractivity contribution in [2.45, 2.75) is 13.5 Å². The van der Waals surface area contributed by atoms with Crippen molar-refractivity contribution in [2.75, 3.05) is 6.61 Å². The fraction of sp³-hybridized carbons (Fsp3) is 0.143. The molecule has 1 heterocycles. The molecule has 0 unspecified atom stereocenters. The number of fused-ring (bicyclic) bond motifs is 2. The highest BCUT2D eigenvalue weighted by atomic mass is 35.5. The Labute approximate surface area is 160 Å². The second kappa shape index (κ2) is 7.02. The molecule has 0 bridgehead atoms. The molecule has 4 rings (SSSR count). The van der Waals surface area contributed by atoms with Crippen molar-refractivity contribution in [3.8, 4) is 11.3 Å². The summed E-state index contributed by atoms with van der Waals surface area (Å²) in [5.41, 5.74) is 1.19.